The molecule has 5 heteroatoms. The summed E-state index contributed by atoms with van der Waals surface area (Å²) < 4.78 is 0. The number of amides is 2. The molecule has 0 aromatic rings. The molecule has 1 atom stereocenters. The monoisotopic (exact) mass is 255 g/mol. The SMILES string of the molecule is CCC(=O)N1CCCN(C(=O)C(N)C(C)C)CC1. The summed E-state index contributed by atoms with van der Waals surface area (Å²) in [5.41, 5.74) is 5.89. The van der Waals surface area contributed by atoms with Crippen LogP contribution in [0.1, 0.15) is 33.6 Å². The molecule has 1 fully saturated rings. The minimum absolute atomic E-state index is 0.01000. The average molecular weight is 255 g/mol. The lowest BCUT2D eigenvalue weighted by atomic mass is 10.0. The molecule has 0 radical (unpaired) electrons. The largest absolute Gasteiger partial charge is 0.341 e. The molecule has 0 aromatic heterocycles. The standard InChI is InChI=1S/C13H25N3O2/c1-4-11(17)15-6-5-7-16(9-8-15)13(18)12(14)10(2)3/h10,12H,4-9,14H2,1-3H3. The van der Waals surface area contributed by atoms with E-state index >= 15 is 0 Å². The van der Waals surface area contributed by atoms with Crippen LogP contribution < -0.4 is 5.73 Å². The molecule has 1 unspecified atom stereocenters. The van der Waals surface area contributed by atoms with E-state index in [-0.39, 0.29) is 17.7 Å². The predicted molar refractivity (Wildman–Crippen MR) is 70.9 cm³/mol. The van der Waals surface area contributed by atoms with Crippen LogP contribution in [0.5, 0.6) is 0 Å². The van der Waals surface area contributed by atoms with Gasteiger partial charge < -0.3 is 15.5 Å². The van der Waals surface area contributed by atoms with Crippen molar-refractivity contribution in [3.8, 4) is 0 Å². The molecule has 1 rings (SSSR count). The maximum Gasteiger partial charge on any atom is 0.239 e. The Morgan fingerprint density at radius 2 is 1.67 bits per heavy atom. The Balaban J connectivity index is 2.56. The van der Waals surface area contributed by atoms with Gasteiger partial charge in [0.25, 0.3) is 0 Å². The van der Waals surface area contributed by atoms with Gasteiger partial charge in [0, 0.05) is 32.6 Å². The van der Waals surface area contributed by atoms with Gasteiger partial charge in [-0.3, -0.25) is 9.59 Å². The Labute approximate surface area is 109 Å². The van der Waals surface area contributed by atoms with E-state index in [1.54, 1.807) is 4.90 Å². The number of hydrogen-bond acceptors (Lipinski definition) is 3. The van der Waals surface area contributed by atoms with Crippen LogP contribution >= 0.6 is 0 Å². The molecule has 1 aliphatic heterocycles. The Morgan fingerprint density at radius 1 is 1.11 bits per heavy atom. The summed E-state index contributed by atoms with van der Waals surface area (Å²) in [6.45, 7) is 8.44. The molecule has 0 saturated carbocycles. The first-order chi connectivity index (χ1) is 8.47. The molecular weight excluding hydrogens is 230 g/mol. The van der Waals surface area contributed by atoms with Gasteiger partial charge in [0.15, 0.2) is 0 Å². The van der Waals surface area contributed by atoms with Gasteiger partial charge in [-0.05, 0) is 12.3 Å². The molecule has 0 spiro atoms. The van der Waals surface area contributed by atoms with Crippen LogP contribution in [-0.2, 0) is 9.59 Å². The number of nitrogens with two attached hydrogens (primary N) is 1. The molecule has 1 heterocycles. The van der Waals surface area contributed by atoms with Crippen LogP contribution in [0.15, 0.2) is 0 Å². The highest BCUT2D eigenvalue weighted by atomic mass is 16.2. The van der Waals surface area contributed by atoms with Gasteiger partial charge >= 0.3 is 0 Å². The fraction of sp³-hybridized carbons (Fsp3) is 0.846. The number of carbonyl (C=O) groups excluding carboxylic acids is 2. The fourth-order valence-corrected chi connectivity index (χ4v) is 2.11. The van der Waals surface area contributed by atoms with E-state index in [1.165, 1.54) is 0 Å². The van der Waals surface area contributed by atoms with Crippen molar-refractivity contribution < 1.29 is 9.59 Å². The van der Waals surface area contributed by atoms with Crippen molar-refractivity contribution in [1.29, 1.82) is 0 Å². The van der Waals surface area contributed by atoms with Gasteiger partial charge in [-0.15, -0.1) is 0 Å². The molecule has 0 aromatic carbocycles. The van der Waals surface area contributed by atoms with Crippen molar-refractivity contribution in [3.05, 3.63) is 0 Å². The summed E-state index contributed by atoms with van der Waals surface area (Å²) >= 11 is 0. The van der Waals surface area contributed by atoms with E-state index in [9.17, 15) is 9.59 Å². The maximum atomic E-state index is 12.1. The summed E-state index contributed by atoms with van der Waals surface area (Å²) in [4.78, 5) is 27.4. The van der Waals surface area contributed by atoms with Crippen LogP contribution in [0.25, 0.3) is 0 Å². The van der Waals surface area contributed by atoms with Crippen LogP contribution in [0.4, 0.5) is 0 Å². The molecule has 1 saturated heterocycles. The highest BCUT2D eigenvalue weighted by Crippen LogP contribution is 2.09. The van der Waals surface area contributed by atoms with Crippen LogP contribution in [0, 0.1) is 5.92 Å². The third-order valence-corrected chi connectivity index (χ3v) is 3.47. The molecular formula is C13H25N3O2. The van der Waals surface area contributed by atoms with E-state index in [0.717, 1.165) is 13.0 Å². The first-order valence-electron chi connectivity index (χ1n) is 6.79. The molecule has 18 heavy (non-hydrogen) atoms. The summed E-state index contributed by atoms with van der Waals surface area (Å²) in [6, 6.07) is -0.432. The predicted octanol–water partition coefficient (Wildman–Crippen LogP) is 0.441. The van der Waals surface area contributed by atoms with Crippen LogP contribution in [0.2, 0.25) is 0 Å². The lowest BCUT2D eigenvalue weighted by Gasteiger charge is -2.26. The maximum absolute atomic E-state index is 12.1. The highest BCUT2D eigenvalue weighted by Gasteiger charge is 2.26. The van der Waals surface area contributed by atoms with E-state index in [0.29, 0.717) is 26.1 Å². The third-order valence-electron chi connectivity index (χ3n) is 3.47. The normalized spacial score (nSPS) is 18.7. The Kier molecular flexibility index (Phi) is 5.59. The van der Waals surface area contributed by atoms with E-state index in [2.05, 4.69) is 0 Å². The Bertz CT molecular complexity index is 305. The topological polar surface area (TPSA) is 66.6 Å². The second-order valence-electron chi connectivity index (χ2n) is 5.18. The Hall–Kier alpha value is -1.10. The number of hydrogen-bond donors (Lipinski definition) is 1. The lowest BCUT2D eigenvalue weighted by molar-refractivity contribution is -0.134. The van der Waals surface area contributed by atoms with Crippen molar-refractivity contribution in [1.82, 2.24) is 9.80 Å². The van der Waals surface area contributed by atoms with Crippen molar-refractivity contribution in [2.24, 2.45) is 11.7 Å². The zero-order valence-corrected chi connectivity index (χ0v) is 11.7. The van der Waals surface area contributed by atoms with E-state index < -0.39 is 6.04 Å². The van der Waals surface area contributed by atoms with Gasteiger partial charge in [-0.2, -0.15) is 0 Å². The van der Waals surface area contributed by atoms with Crippen LogP contribution in [0.3, 0.4) is 0 Å². The first kappa shape index (κ1) is 15.0. The van der Waals surface area contributed by atoms with E-state index in [1.807, 2.05) is 25.7 Å². The zero-order valence-electron chi connectivity index (χ0n) is 11.7. The average Bonchev–Trinajstić information content (AvgIpc) is 2.61. The van der Waals surface area contributed by atoms with Gasteiger partial charge in [0.05, 0.1) is 6.04 Å². The molecule has 0 bridgehead atoms. The molecule has 5 nitrogen and oxygen atoms in total. The minimum Gasteiger partial charge on any atom is -0.341 e. The number of nitrogens with zero attached hydrogens (tertiary/aromatic N) is 2. The summed E-state index contributed by atoms with van der Waals surface area (Å²) in [7, 11) is 0. The molecule has 0 aliphatic carbocycles. The number of rotatable bonds is 3. The minimum atomic E-state index is -0.432. The zero-order chi connectivity index (χ0) is 13.7. The fourth-order valence-electron chi connectivity index (χ4n) is 2.11. The molecule has 2 amide bonds. The van der Waals surface area contributed by atoms with Crippen molar-refractivity contribution in [3.63, 3.8) is 0 Å². The summed E-state index contributed by atoms with van der Waals surface area (Å²) in [5.74, 6) is 0.322. The van der Waals surface area contributed by atoms with Crippen molar-refractivity contribution >= 4 is 11.8 Å². The van der Waals surface area contributed by atoms with Gasteiger partial charge in [0.1, 0.15) is 0 Å². The van der Waals surface area contributed by atoms with Gasteiger partial charge in [-0.25, -0.2) is 0 Å². The highest BCUT2D eigenvalue weighted by molar-refractivity contribution is 5.82. The number of carbonyl (C=O) groups is 2. The summed E-state index contributed by atoms with van der Waals surface area (Å²) in [5, 5.41) is 0. The first-order valence-corrected chi connectivity index (χ1v) is 6.79. The Morgan fingerprint density at radius 3 is 2.22 bits per heavy atom. The third kappa shape index (κ3) is 3.70. The van der Waals surface area contributed by atoms with Crippen molar-refractivity contribution in [2.45, 2.75) is 39.7 Å². The molecule has 2 N–H and O–H groups in total. The summed E-state index contributed by atoms with van der Waals surface area (Å²) in [6.07, 6.45) is 1.36. The van der Waals surface area contributed by atoms with Crippen LogP contribution in [-0.4, -0.2) is 53.8 Å². The second kappa shape index (κ2) is 6.73. The van der Waals surface area contributed by atoms with E-state index in [4.69, 9.17) is 5.73 Å². The second-order valence-corrected chi connectivity index (χ2v) is 5.18. The van der Waals surface area contributed by atoms with Gasteiger partial charge in [0.2, 0.25) is 11.8 Å². The van der Waals surface area contributed by atoms with Crippen molar-refractivity contribution in [2.75, 3.05) is 26.2 Å². The van der Waals surface area contributed by atoms with Gasteiger partial charge in [-0.1, -0.05) is 20.8 Å². The molecule has 1 aliphatic rings. The smallest absolute Gasteiger partial charge is 0.239 e. The molecule has 104 valence electrons. The lowest BCUT2D eigenvalue weighted by Crippen LogP contribution is -2.47. The quantitative estimate of drug-likeness (QED) is 0.796.